The van der Waals surface area contributed by atoms with Crippen LogP contribution in [0, 0.1) is 0 Å². The van der Waals surface area contributed by atoms with Gasteiger partial charge in [-0.3, -0.25) is 0 Å². The van der Waals surface area contributed by atoms with Crippen molar-refractivity contribution in [1.82, 2.24) is 15.2 Å². The Bertz CT molecular complexity index is 719. The first-order valence-electron chi connectivity index (χ1n) is 5.50. The zero-order valence-electron chi connectivity index (χ0n) is 10.2. The van der Waals surface area contributed by atoms with Crippen molar-refractivity contribution in [3.8, 4) is 0 Å². The lowest BCUT2D eigenvalue weighted by Crippen LogP contribution is -2.20. The number of benzene rings is 1. The molecule has 104 valence electrons. The van der Waals surface area contributed by atoms with E-state index in [4.69, 9.17) is 18.0 Å². The molecule has 0 aliphatic heterocycles. The second-order valence-electron chi connectivity index (χ2n) is 3.85. The van der Waals surface area contributed by atoms with Crippen LogP contribution in [0.3, 0.4) is 0 Å². The van der Waals surface area contributed by atoms with Crippen molar-refractivity contribution in [1.29, 1.82) is 0 Å². The van der Waals surface area contributed by atoms with Crippen LogP contribution in [-0.4, -0.2) is 28.6 Å². The molecule has 0 fully saturated rings. The minimum absolute atomic E-state index is 0.0830. The average Bonchev–Trinajstić information content (AvgIpc) is 2.39. The van der Waals surface area contributed by atoms with Crippen molar-refractivity contribution < 1.29 is 8.42 Å². The summed E-state index contributed by atoms with van der Waals surface area (Å²) in [6.45, 7) is 0. The molecular weight excluding hydrogens is 298 g/mol. The van der Waals surface area contributed by atoms with E-state index in [2.05, 4.69) is 19.9 Å². The third-order valence-electron chi connectivity index (χ3n) is 2.36. The molecule has 1 aromatic heterocycles. The van der Waals surface area contributed by atoms with Crippen LogP contribution in [0.25, 0.3) is 0 Å². The molecule has 2 rings (SSSR count). The van der Waals surface area contributed by atoms with Gasteiger partial charge in [-0.05, 0) is 5.56 Å². The predicted octanol–water partition coefficient (Wildman–Crippen LogP) is 0.448. The Morgan fingerprint density at radius 1 is 1.30 bits per heavy atom. The summed E-state index contributed by atoms with van der Waals surface area (Å²) >= 11 is 4.90. The molecular formula is C11H11N5O2S2. The van der Waals surface area contributed by atoms with Gasteiger partial charge in [0.1, 0.15) is 4.99 Å². The SMILES string of the molecule is NC(=S)c1ccccc1CS(=O)(=O)Nc1nccnn1. The van der Waals surface area contributed by atoms with Gasteiger partial charge in [-0.2, -0.15) is 5.10 Å². The van der Waals surface area contributed by atoms with Gasteiger partial charge in [-0.1, -0.05) is 36.5 Å². The number of nitrogens with zero attached hydrogens (tertiary/aromatic N) is 3. The number of hydrogen-bond acceptors (Lipinski definition) is 6. The van der Waals surface area contributed by atoms with Gasteiger partial charge in [0, 0.05) is 5.56 Å². The van der Waals surface area contributed by atoms with E-state index < -0.39 is 10.0 Å². The Morgan fingerprint density at radius 2 is 2.05 bits per heavy atom. The molecule has 0 aliphatic rings. The molecule has 1 heterocycles. The van der Waals surface area contributed by atoms with Gasteiger partial charge in [0.05, 0.1) is 18.1 Å². The monoisotopic (exact) mass is 309 g/mol. The molecule has 1 aromatic carbocycles. The normalized spacial score (nSPS) is 11.0. The fourth-order valence-corrected chi connectivity index (χ4v) is 2.86. The molecule has 7 nitrogen and oxygen atoms in total. The van der Waals surface area contributed by atoms with E-state index in [0.29, 0.717) is 11.1 Å². The Balaban J connectivity index is 2.23. The quantitative estimate of drug-likeness (QED) is 0.771. The summed E-state index contributed by atoms with van der Waals surface area (Å²) in [7, 11) is -3.67. The van der Waals surface area contributed by atoms with E-state index in [1.807, 2.05) is 0 Å². The third kappa shape index (κ3) is 3.68. The van der Waals surface area contributed by atoms with E-state index in [1.54, 1.807) is 24.3 Å². The van der Waals surface area contributed by atoms with Crippen LogP contribution < -0.4 is 10.5 Å². The fraction of sp³-hybridized carbons (Fsp3) is 0.0909. The second-order valence-corrected chi connectivity index (χ2v) is 6.01. The Morgan fingerprint density at radius 3 is 2.70 bits per heavy atom. The lowest BCUT2D eigenvalue weighted by Gasteiger charge is -2.09. The lowest BCUT2D eigenvalue weighted by atomic mass is 10.1. The van der Waals surface area contributed by atoms with Crippen LogP contribution in [0.2, 0.25) is 0 Å². The van der Waals surface area contributed by atoms with Gasteiger partial charge in [-0.25, -0.2) is 18.1 Å². The molecule has 0 atom stereocenters. The molecule has 0 aliphatic carbocycles. The summed E-state index contributed by atoms with van der Waals surface area (Å²) in [6.07, 6.45) is 2.69. The van der Waals surface area contributed by atoms with E-state index in [9.17, 15) is 8.42 Å². The van der Waals surface area contributed by atoms with E-state index >= 15 is 0 Å². The van der Waals surface area contributed by atoms with Crippen LogP contribution in [0.5, 0.6) is 0 Å². The Labute approximate surface area is 121 Å². The first-order chi connectivity index (χ1) is 9.48. The molecule has 0 saturated heterocycles. The van der Waals surface area contributed by atoms with Gasteiger partial charge >= 0.3 is 0 Å². The minimum atomic E-state index is -3.67. The summed E-state index contributed by atoms with van der Waals surface area (Å²) in [5, 5.41) is 7.10. The average molecular weight is 309 g/mol. The van der Waals surface area contributed by atoms with E-state index in [0.717, 1.165) is 0 Å². The van der Waals surface area contributed by atoms with Crippen LogP contribution >= 0.6 is 12.2 Å². The summed E-state index contributed by atoms with van der Waals surface area (Å²) in [5.74, 6) is -0.362. The highest BCUT2D eigenvalue weighted by atomic mass is 32.2. The van der Waals surface area contributed by atoms with Gasteiger partial charge in [0.15, 0.2) is 0 Å². The number of nitrogens with two attached hydrogens (primary N) is 1. The molecule has 0 spiro atoms. The molecule has 3 N–H and O–H groups in total. The third-order valence-corrected chi connectivity index (χ3v) is 3.76. The van der Waals surface area contributed by atoms with Crippen LogP contribution in [0.15, 0.2) is 36.7 Å². The highest BCUT2D eigenvalue weighted by Crippen LogP contribution is 2.13. The summed E-state index contributed by atoms with van der Waals surface area (Å²) in [6, 6.07) is 6.78. The molecule has 0 radical (unpaired) electrons. The predicted molar refractivity (Wildman–Crippen MR) is 78.4 cm³/mol. The summed E-state index contributed by atoms with van der Waals surface area (Å²) < 4.78 is 26.3. The van der Waals surface area contributed by atoms with Crippen LogP contribution in [-0.2, 0) is 15.8 Å². The molecule has 2 aromatic rings. The lowest BCUT2D eigenvalue weighted by molar-refractivity contribution is 0.600. The molecule has 0 unspecified atom stereocenters. The highest BCUT2D eigenvalue weighted by Gasteiger charge is 2.16. The first kappa shape index (κ1) is 14.3. The number of rotatable bonds is 5. The number of nitrogens with one attached hydrogen (secondary N) is 1. The van der Waals surface area contributed by atoms with Crippen molar-refractivity contribution in [3.05, 3.63) is 47.8 Å². The zero-order chi connectivity index (χ0) is 14.6. The van der Waals surface area contributed by atoms with Gasteiger partial charge in [0.2, 0.25) is 10.0 Å². The number of sulfonamides is 1. The van der Waals surface area contributed by atoms with Crippen molar-refractivity contribution in [2.75, 3.05) is 4.72 Å². The second kappa shape index (κ2) is 5.88. The number of thiocarbonyl (C=S) groups is 1. The number of aromatic nitrogens is 3. The molecule has 20 heavy (non-hydrogen) atoms. The number of anilines is 1. The van der Waals surface area contributed by atoms with Gasteiger partial charge in [0.25, 0.3) is 5.95 Å². The summed E-state index contributed by atoms with van der Waals surface area (Å²) in [5.41, 5.74) is 6.61. The Hall–Kier alpha value is -2.13. The first-order valence-corrected chi connectivity index (χ1v) is 7.56. The van der Waals surface area contributed by atoms with Gasteiger partial charge < -0.3 is 5.73 Å². The van der Waals surface area contributed by atoms with Crippen molar-refractivity contribution in [2.45, 2.75) is 5.75 Å². The topological polar surface area (TPSA) is 111 Å². The largest absolute Gasteiger partial charge is 0.389 e. The molecule has 9 heteroatoms. The Kier molecular flexibility index (Phi) is 4.20. The minimum Gasteiger partial charge on any atom is -0.389 e. The standard InChI is InChI=1S/C11H11N5O2S2/c12-10(19)9-4-2-1-3-8(9)7-20(17,18)16-11-13-5-6-14-15-11/h1-6H,7H2,(H2,12,19)(H,13,15,16). The maximum Gasteiger partial charge on any atom is 0.256 e. The van der Waals surface area contributed by atoms with Crippen molar-refractivity contribution in [2.24, 2.45) is 5.73 Å². The summed E-state index contributed by atoms with van der Waals surface area (Å²) in [4.78, 5) is 3.90. The van der Waals surface area contributed by atoms with E-state index in [1.165, 1.54) is 12.4 Å². The number of hydrogen-bond donors (Lipinski definition) is 2. The fourth-order valence-electron chi connectivity index (χ4n) is 1.56. The molecule has 0 saturated carbocycles. The maximum absolute atomic E-state index is 12.0. The molecule has 0 bridgehead atoms. The smallest absolute Gasteiger partial charge is 0.256 e. The maximum atomic E-state index is 12.0. The molecule has 0 amide bonds. The van der Waals surface area contributed by atoms with Gasteiger partial charge in [-0.15, -0.1) is 5.10 Å². The zero-order valence-corrected chi connectivity index (χ0v) is 11.9. The van der Waals surface area contributed by atoms with Crippen LogP contribution in [0.4, 0.5) is 5.95 Å². The van der Waals surface area contributed by atoms with Crippen LogP contribution in [0.1, 0.15) is 11.1 Å². The highest BCUT2D eigenvalue weighted by molar-refractivity contribution is 7.91. The van der Waals surface area contributed by atoms with E-state index in [-0.39, 0.29) is 16.7 Å². The van der Waals surface area contributed by atoms with Crippen molar-refractivity contribution >= 4 is 33.2 Å². The van der Waals surface area contributed by atoms with Crippen molar-refractivity contribution in [3.63, 3.8) is 0 Å².